The third kappa shape index (κ3) is 4.23. The molecular formula is C11H21N3O. The molecule has 0 aliphatic carbocycles. The molecular weight excluding hydrogens is 190 g/mol. The number of amides is 1. The second-order valence-electron chi connectivity index (χ2n) is 4.23. The molecule has 4 nitrogen and oxygen atoms in total. The molecule has 4 heteroatoms. The molecule has 0 aromatic rings. The summed E-state index contributed by atoms with van der Waals surface area (Å²) in [5, 5.41) is 6.55. The average Bonchev–Trinajstić information content (AvgIpc) is 2.44. The normalized spacial score (nSPS) is 24.7. The third-order valence-corrected chi connectivity index (χ3v) is 2.80. The molecule has 0 aromatic carbocycles. The van der Waals surface area contributed by atoms with Crippen molar-refractivity contribution in [1.82, 2.24) is 10.6 Å². The van der Waals surface area contributed by atoms with Crippen molar-refractivity contribution in [1.29, 1.82) is 0 Å². The highest BCUT2D eigenvalue weighted by Gasteiger charge is 2.23. The minimum Gasteiger partial charge on any atom is -0.370 e. The number of nitrogens with two attached hydrogens (primary N) is 1. The molecule has 4 N–H and O–H groups in total. The van der Waals surface area contributed by atoms with E-state index in [1.54, 1.807) is 0 Å². The van der Waals surface area contributed by atoms with Crippen molar-refractivity contribution in [2.75, 3.05) is 0 Å². The Labute approximate surface area is 91.3 Å². The second kappa shape index (κ2) is 5.63. The van der Waals surface area contributed by atoms with E-state index in [1.165, 1.54) is 0 Å². The van der Waals surface area contributed by atoms with Crippen LogP contribution in [0.4, 0.5) is 0 Å². The van der Waals surface area contributed by atoms with Crippen LogP contribution in [0.1, 0.15) is 39.0 Å². The summed E-state index contributed by atoms with van der Waals surface area (Å²) in [4.78, 5) is 10.5. The number of nitrogens with one attached hydrogen (secondary N) is 2. The molecule has 1 aliphatic heterocycles. The molecule has 2 atom stereocenters. The average molecular weight is 211 g/mol. The first-order chi connectivity index (χ1) is 7.09. The van der Waals surface area contributed by atoms with E-state index in [-0.39, 0.29) is 5.91 Å². The van der Waals surface area contributed by atoms with Crippen LogP contribution in [0.2, 0.25) is 0 Å². The molecule has 1 fully saturated rings. The van der Waals surface area contributed by atoms with Gasteiger partial charge >= 0.3 is 0 Å². The van der Waals surface area contributed by atoms with Gasteiger partial charge in [0.25, 0.3) is 0 Å². The van der Waals surface area contributed by atoms with Gasteiger partial charge in [-0.2, -0.15) is 0 Å². The molecule has 0 bridgehead atoms. The van der Waals surface area contributed by atoms with Gasteiger partial charge in [-0.1, -0.05) is 19.4 Å². The van der Waals surface area contributed by atoms with E-state index in [0.717, 1.165) is 31.5 Å². The Morgan fingerprint density at radius 1 is 1.40 bits per heavy atom. The number of primary amides is 1. The third-order valence-electron chi connectivity index (χ3n) is 2.80. The van der Waals surface area contributed by atoms with Crippen molar-refractivity contribution in [2.45, 2.75) is 51.1 Å². The molecule has 1 rings (SSSR count). The maximum atomic E-state index is 10.5. The number of rotatable bonds is 6. The lowest BCUT2D eigenvalue weighted by Gasteiger charge is -2.13. The molecule has 1 aliphatic rings. The van der Waals surface area contributed by atoms with E-state index >= 15 is 0 Å². The van der Waals surface area contributed by atoms with E-state index in [1.807, 2.05) is 0 Å². The lowest BCUT2D eigenvalue weighted by Crippen LogP contribution is -2.30. The molecule has 0 saturated carbocycles. The van der Waals surface area contributed by atoms with Gasteiger partial charge in [-0.05, 0) is 19.8 Å². The van der Waals surface area contributed by atoms with Crippen molar-refractivity contribution in [3.63, 3.8) is 0 Å². The Morgan fingerprint density at radius 3 is 2.67 bits per heavy atom. The highest BCUT2D eigenvalue weighted by molar-refractivity contribution is 5.73. The fourth-order valence-electron chi connectivity index (χ4n) is 1.93. The Kier molecular flexibility index (Phi) is 4.46. The lowest BCUT2D eigenvalue weighted by molar-refractivity contribution is -0.118. The minimum absolute atomic E-state index is 0.197. The van der Waals surface area contributed by atoms with Crippen molar-refractivity contribution in [3.8, 4) is 0 Å². The van der Waals surface area contributed by atoms with Gasteiger partial charge in [-0.15, -0.1) is 0 Å². The molecule has 0 unspecified atom stereocenters. The predicted molar refractivity (Wildman–Crippen MR) is 60.9 cm³/mol. The van der Waals surface area contributed by atoms with Crippen LogP contribution < -0.4 is 16.4 Å². The van der Waals surface area contributed by atoms with Crippen molar-refractivity contribution < 1.29 is 4.79 Å². The fraction of sp³-hybridized carbons (Fsp3) is 0.727. The minimum atomic E-state index is -0.197. The first-order valence-electron chi connectivity index (χ1n) is 5.60. The zero-order valence-corrected chi connectivity index (χ0v) is 9.38. The first-order valence-corrected chi connectivity index (χ1v) is 5.60. The summed E-state index contributed by atoms with van der Waals surface area (Å²) in [6, 6.07) is 0.930. The van der Waals surface area contributed by atoms with Crippen LogP contribution in [0.25, 0.3) is 0 Å². The molecule has 0 aromatic heterocycles. The molecule has 0 spiro atoms. The van der Waals surface area contributed by atoms with Gasteiger partial charge in [0, 0.05) is 18.5 Å². The van der Waals surface area contributed by atoms with E-state index < -0.39 is 0 Å². The second-order valence-corrected chi connectivity index (χ2v) is 4.23. The molecule has 15 heavy (non-hydrogen) atoms. The van der Waals surface area contributed by atoms with Crippen LogP contribution in [-0.4, -0.2) is 18.0 Å². The molecule has 1 saturated heterocycles. The van der Waals surface area contributed by atoms with Crippen LogP contribution in [0.5, 0.6) is 0 Å². The molecule has 1 amide bonds. The van der Waals surface area contributed by atoms with Crippen LogP contribution >= 0.6 is 0 Å². The predicted octanol–water partition coefficient (Wildman–Crippen LogP) is 0.843. The lowest BCUT2D eigenvalue weighted by atomic mass is 10.0. The Balaban J connectivity index is 2.05. The summed E-state index contributed by atoms with van der Waals surface area (Å²) >= 11 is 0. The van der Waals surface area contributed by atoms with Crippen molar-refractivity contribution >= 4 is 5.91 Å². The summed E-state index contributed by atoms with van der Waals surface area (Å²) in [6.07, 6.45) is 4.74. The van der Waals surface area contributed by atoms with Crippen LogP contribution in [0.15, 0.2) is 12.4 Å². The van der Waals surface area contributed by atoms with Gasteiger partial charge in [-0.25, -0.2) is 0 Å². The summed E-state index contributed by atoms with van der Waals surface area (Å²) in [7, 11) is 0. The Hall–Kier alpha value is -1.19. The van der Waals surface area contributed by atoms with Gasteiger partial charge < -0.3 is 16.4 Å². The van der Waals surface area contributed by atoms with E-state index in [2.05, 4.69) is 24.1 Å². The number of hydrogen-bond acceptors (Lipinski definition) is 3. The summed E-state index contributed by atoms with van der Waals surface area (Å²) in [6.45, 7) is 5.99. The standard InChI is InChI=1S/C11H21N3O/c1-8-10(14-9(2)13-8)6-4-3-5-7-11(12)15/h8,10,13-14H,2-7H2,1H3,(H2,12,15)/t8-,10+/m0/s1. The maximum absolute atomic E-state index is 10.5. The highest BCUT2D eigenvalue weighted by atomic mass is 16.1. The number of carbonyl (C=O) groups is 1. The van der Waals surface area contributed by atoms with Gasteiger partial charge in [0.05, 0.1) is 5.82 Å². The van der Waals surface area contributed by atoms with Crippen molar-refractivity contribution in [3.05, 3.63) is 12.4 Å². The summed E-state index contributed by atoms with van der Waals surface area (Å²) < 4.78 is 0. The van der Waals surface area contributed by atoms with Crippen LogP contribution in [0, 0.1) is 0 Å². The van der Waals surface area contributed by atoms with Gasteiger partial charge in [0.2, 0.25) is 5.91 Å². The maximum Gasteiger partial charge on any atom is 0.217 e. The largest absolute Gasteiger partial charge is 0.370 e. The highest BCUT2D eigenvalue weighted by Crippen LogP contribution is 2.13. The Bertz CT molecular complexity index is 240. The number of unbranched alkanes of at least 4 members (excludes halogenated alkanes) is 2. The van der Waals surface area contributed by atoms with Crippen LogP contribution in [0.3, 0.4) is 0 Å². The van der Waals surface area contributed by atoms with Crippen LogP contribution in [-0.2, 0) is 4.79 Å². The fourth-order valence-corrected chi connectivity index (χ4v) is 1.93. The number of hydrogen-bond donors (Lipinski definition) is 3. The van der Waals surface area contributed by atoms with Gasteiger partial charge in [0.15, 0.2) is 0 Å². The van der Waals surface area contributed by atoms with Crippen molar-refractivity contribution in [2.24, 2.45) is 5.73 Å². The van der Waals surface area contributed by atoms with Gasteiger partial charge in [0.1, 0.15) is 0 Å². The molecule has 0 radical (unpaired) electrons. The topological polar surface area (TPSA) is 67.1 Å². The molecule has 1 heterocycles. The van der Waals surface area contributed by atoms with E-state index in [9.17, 15) is 4.79 Å². The Morgan fingerprint density at radius 2 is 2.13 bits per heavy atom. The van der Waals surface area contributed by atoms with E-state index in [4.69, 9.17) is 5.73 Å². The smallest absolute Gasteiger partial charge is 0.217 e. The monoisotopic (exact) mass is 211 g/mol. The van der Waals surface area contributed by atoms with Gasteiger partial charge in [-0.3, -0.25) is 4.79 Å². The number of carbonyl (C=O) groups excluding carboxylic acids is 1. The van der Waals surface area contributed by atoms with E-state index in [0.29, 0.717) is 18.5 Å². The summed E-state index contributed by atoms with van der Waals surface area (Å²) in [5.41, 5.74) is 5.06. The SMILES string of the molecule is C=C1N[C@@H](C)[C@@H](CCCCCC(N)=O)N1. The molecule has 86 valence electrons. The summed E-state index contributed by atoms with van der Waals surface area (Å²) in [5.74, 6) is 0.724. The zero-order valence-electron chi connectivity index (χ0n) is 9.38. The first kappa shape index (κ1) is 11.9. The zero-order chi connectivity index (χ0) is 11.3. The quantitative estimate of drug-likeness (QED) is 0.570.